The summed E-state index contributed by atoms with van der Waals surface area (Å²) < 4.78 is 0. The average molecular weight is 333 g/mol. The third-order valence-electron chi connectivity index (χ3n) is 4.49. The number of hydrogen-bond donors (Lipinski definition) is 1. The fraction of sp³-hybridized carbons (Fsp3) is 0.238. The van der Waals surface area contributed by atoms with E-state index in [9.17, 15) is 4.79 Å². The van der Waals surface area contributed by atoms with Crippen LogP contribution in [0.3, 0.4) is 0 Å². The van der Waals surface area contributed by atoms with Gasteiger partial charge in [-0.3, -0.25) is 9.78 Å². The molecule has 2 aromatic carbocycles. The molecule has 0 atom stereocenters. The number of hydrogen-bond acceptors (Lipinski definition) is 3. The number of amides is 1. The largest absolute Gasteiger partial charge is 0.378 e. The van der Waals surface area contributed by atoms with Crippen LogP contribution in [0.15, 0.2) is 48.5 Å². The third-order valence-corrected chi connectivity index (χ3v) is 4.49. The summed E-state index contributed by atoms with van der Waals surface area (Å²) in [7, 11) is 3.98. The van der Waals surface area contributed by atoms with Gasteiger partial charge < -0.3 is 10.2 Å². The number of carbonyl (C=O) groups is 1. The van der Waals surface area contributed by atoms with E-state index in [-0.39, 0.29) is 5.91 Å². The second kappa shape index (κ2) is 6.93. The van der Waals surface area contributed by atoms with Crippen molar-refractivity contribution in [3.05, 3.63) is 65.4 Å². The van der Waals surface area contributed by atoms with Crippen molar-refractivity contribution in [1.29, 1.82) is 0 Å². The van der Waals surface area contributed by atoms with Crippen molar-refractivity contribution in [2.45, 2.75) is 20.3 Å². The van der Waals surface area contributed by atoms with E-state index in [0.717, 1.165) is 39.1 Å². The van der Waals surface area contributed by atoms with Crippen LogP contribution in [0.1, 0.15) is 16.8 Å². The Balaban J connectivity index is 1.80. The number of para-hydroxylation sites is 1. The minimum Gasteiger partial charge on any atom is -0.378 e. The average Bonchev–Trinajstić information content (AvgIpc) is 2.59. The molecule has 0 spiro atoms. The van der Waals surface area contributed by atoms with Gasteiger partial charge in [0.25, 0.3) is 0 Å². The predicted octanol–water partition coefficient (Wildman–Crippen LogP) is 4.10. The van der Waals surface area contributed by atoms with Gasteiger partial charge in [0, 0.05) is 36.6 Å². The van der Waals surface area contributed by atoms with E-state index in [1.807, 2.05) is 68.4 Å². The first-order valence-electron chi connectivity index (χ1n) is 8.38. The standard InChI is InChI=1S/C21H23N3O/c1-14-18-7-5-6-8-20(18)22-15(2)19(14)13-21(25)23-16-9-11-17(12-10-16)24(3)4/h5-12H,13H2,1-4H3,(H,23,25). The molecule has 0 fully saturated rings. The van der Waals surface area contributed by atoms with Gasteiger partial charge >= 0.3 is 0 Å². The number of anilines is 2. The van der Waals surface area contributed by atoms with Gasteiger partial charge in [-0.2, -0.15) is 0 Å². The molecule has 0 aliphatic rings. The van der Waals surface area contributed by atoms with Gasteiger partial charge in [-0.15, -0.1) is 0 Å². The first-order chi connectivity index (χ1) is 12.0. The molecule has 0 radical (unpaired) electrons. The van der Waals surface area contributed by atoms with Gasteiger partial charge in [-0.05, 0) is 55.3 Å². The normalized spacial score (nSPS) is 10.7. The van der Waals surface area contributed by atoms with Crippen molar-refractivity contribution >= 4 is 28.2 Å². The van der Waals surface area contributed by atoms with Gasteiger partial charge in [-0.1, -0.05) is 18.2 Å². The van der Waals surface area contributed by atoms with Crippen molar-refractivity contribution in [2.75, 3.05) is 24.3 Å². The quantitative estimate of drug-likeness (QED) is 0.782. The molecule has 1 aromatic heterocycles. The minimum atomic E-state index is -0.0270. The lowest BCUT2D eigenvalue weighted by molar-refractivity contribution is -0.115. The van der Waals surface area contributed by atoms with Crippen LogP contribution in [0, 0.1) is 13.8 Å². The number of carbonyl (C=O) groups excluding carboxylic acids is 1. The molecule has 25 heavy (non-hydrogen) atoms. The van der Waals surface area contributed by atoms with Crippen molar-refractivity contribution < 1.29 is 4.79 Å². The van der Waals surface area contributed by atoms with Crippen molar-refractivity contribution in [3.63, 3.8) is 0 Å². The maximum Gasteiger partial charge on any atom is 0.228 e. The summed E-state index contributed by atoms with van der Waals surface area (Å²) in [6.07, 6.45) is 0.324. The zero-order chi connectivity index (χ0) is 18.0. The molecule has 128 valence electrons. The summed E-state index contributed by atoms with van der Waals surface area (Å²) in [5.41, 5.74) is 5.92. The molecule has 0 unspecified atom stereocenters. The second-order valence-electron chi connectivity index (χ2n) is 6.48. The number of benzene rings is 2. The molecule has 4 nitrogen and oxygen atoms in total. The molecule has 1 heterocycles. The lowest BCUT2D eigenvalue weighted by atomic mass is 9.99. The molecular formula is C21H23N3O. The van der Waals surface area contributed by atoms with Crippen molar-refractivity contribution in [2.24, 2.45) is 0 Å². The minimum absolute atomic E-state index is 0.0270. The molecule has 0 saturated heterocycles. The van der Waals surface area contributed by atoms with Crippen LogP contribution in [-0.2, 0) is 11.2 Å². The highest BCUT2D eigenvalue weighted by atomic mass is 16.1. The molecule has 1 amide bonds. The first kappa shape index (κ1) is 17.0. The van der Waals surface area contributed by atoms with E-state index in [1.54, 1.807) is 0 Å². The second-order valence-corrected chi connectivity index (χ2v) is 6.48. The number of aromatic nitrogens is 1. The summed E-state index contributed by atoms with van der Waals surface area (Å²) in [6, 6.07) is 15.9. The molecule has 0 aliphatic carbocycles. The van der Waals surface area contributed by atoms with E-state index >= 15 is 0 Å². The van der Waals surface area contributed by atoms with E-state index < -0.39 is 0 Å². The number of pyridine rings is 1. The van der Waals surface area contributed by atoms with E-state index in [0.29, 0.717) is 6.42 Å². The molecule has 1 N–H and O–H groups in total. The zero-order valence-corrected chi connectivity index (χ0v) is 15.1. The summed E-state index contributed by atoms with van der Waals surface area (Å²) in [6.45, 7) is 4.03. The van der Waals surface area contributed by atoms with Crippen LogP contribution >= 0.6 is 0 Å². The maximum atomic E-state index is 12.5. The summed E-state index contributed by atoms with van der Waals surface area (Å²) in [5.74, 6) is -0.0270. The fourth-order valence-corrected chi connectivity index (χ4v) is 3.04. The molecule has 3 aromatic rings. The Morgan fingerprint density at radius 2 is 1.72 bits per heavy atom. The van der Waals surface area contributed by atoms with Gasteiger partial charge in [0.05, 0.1) is 11.9 Å². The molecular weight excluding hydrogens is 310 g/mol. The molecule has 0 bridgehead atoms. The van der Waals surface area contributed by atoms with Gasteiger partial charge in [0.2, 0.25) is 5.91 Å². The van der Waals surface area contributed by atoms with Crippen molar-refractivity contribution in [3.8, 4) is 0 Å². The topological polar surface area (TPSA) is 45.2 Å². The maximum absolute atomic E-state index is 12.5. The zero-order valence-electron chi connectivity index (χ0n) is 15.1. The highest BCUT2D eigenvalue weighted by Crippen LogP contribution is 2.23. The van der Waals surface area contributed by atoms with Gasteiger partial charge in [-0.25, -0.2) is 0 Å². The van der Waals surface area contributed by atoms with Gasteiger partial charge in [0.15, 0.2) is 0 Å². The smallest absolute Gasteiger partial charge is 0.228 e. The number of nitrogens with zero attached hydrogens (tertiary/aromatic N) is 2. The first-order valence-corrected chi connectivity index (χ1v) is 8.38. The number of aryl methyl sites for hydroxylation is 2. The Hall–Kier alpha value is -2.88. The predicted molar refractivity (Wildman–Crippen MR) is 104 cm³/mol. The Bertz CT molecular complexity index is 914. The number of fused-ring (bicyclic) bond motifs is 1. The van der Waals surface area contributed by atoms with Crippen LogP contribution in [-0.4, -0.2) is 25.0 Å². The highest BCUT2D eigenvalue weighted by Gasteiger charge is 2.13. The lowest BCUT2D eigenvalue weighted by Crippen LogP contribution is -2.16. The van der Waals surface area contributed by atoms with Crippen molar-refractivity contribution in [1.82, 2.24) is 4.98 Å². The van der Waals surface area contributed by atoms with Crippen LogP contribution in [0.2, 0.25) is 0 Å². The van der Waals surface area contributed by atoms with Crippen LogP contribution < -0.4 is 10.2 Å². The molecule has 3 rings (SSSR count). The fourth-order valence-electron chi connectivity index (χ4n) is 3.04. The molecule has 0 aliphatic heterocycles. The number of rotatable bonds is 4. The highest BCUT2D eigenvalue weighted by molar-refractivity contribution is 5.94. The Labute approximate surface area is 148 Å². The number of nitrogens with one attached hydrogen (secondary N) is 1. The third kappa shape index (κ3) is 3.63. The van der Waals surface area contributed by atoms with E-state index in [2.05, 4.69) is 23.3 Å². The monoisotopic (exact) mass is 333 g/mol. The Kier molecular flexibility index (Phi) is 4.70. The molecule has 0 saturated carbocycles. The molecule has 4 heteroatoms. The summed E-state index contributed by atoms with van der Waals surface area (Å²) in [4.78, 5) is 19.2. The Morgan fingerprint density at radius 3 is 2.40 bits per heavy atom. The lowest BCUT2D eigenvalue weighted by Gasteiger charge is -2.14. The van der Waals surface area contributed by atoms with Crippen LogP contribution in [0.25, 0.3) is 10.9 Å². The van der Waals surface area contributed by atoms with E-state index in [1.165, 1.54) is 0 Å². The van der Waals surface area contributed by atoms with Crippen LogP contribution in [0.4, 0.5) is 11.4 Å². The van der Waals surface area contributed by atoms with Crippen LogP contribution in [0.5, 0.6) is 0 Å². The SMILES string of the molecule is Cc1nc2ccccc2c(C)c1CC(=O)Nc1ccc(N(C)C)cc1. The Morgan fingerprint density at radius 1 is 1.04 bits per heavy atom. The van der Waals surface area contributed by atoms with E-state index in [4.69, 9.17) is 0 Å². The van der Waals surface area contributed by atoms with Gasteiger partial charge in [0.1, 0.15) is 0 Å². The summed E-state index contributed by atoms with van der Waals surface area (Å²) in [5, 5.41) is 4.08. The summed E-state index contributed by atoms with van der Waals surface area (Å²) >= 11 is 0.